The van der Waals surface area contributed by atoms with Crippen LogP contribution in [-0.4, -0.2) is 16.1 Å². The maximum Gasteiger partial charge on any atom is 0.347 e. The van der Waals surface area contributed by atoms with Gasteiger partial charge in [-0.3, -0.25) is 0 Å². The van der Waals surface area contributed by atoms with Crippen molar-refractivity contribution in [3.63, 3.8) is 0 Å². The molecule has 22 heavy (non-hydrogen) atoms. The van der Waals surface area contributed by atoms with Crippen LogP contribution in [0.1, 0.15) is 52.3 Å². The maximum absolute atomic E-state index is 11.1. The van der Waals surface area contributed by atoms with Gasteiger partial charge in [0.2, 0.25) is 0 Å². The molecule has 5 heteroatoms. The van der Waals surface area contributed by atoms with Gasteiger partial charge in [0.25, 0.3) is 0 Å². The molecule has 0 aliphatic carbocycles. The zero-order valence-electron chi connectivity index (χ0n) is 13.6. The number of nitrogens with zero attached hydrogens (tertiary/aromatic N) is 1. The molecule has 0 aliphatic rings. The molecule has 4 nitrogen and oxygen atoms in total. The standard InChI is InChI=1S/C17H21NO3S/c1-10-6-7-12(17(3,4)5)13(8-10)21-9-14-18-11(2)15(22-14)16(19)20/h6-8H,9H2,1-5H3,(H,19,20). The van der Waals surface area contributed by atoms with E-state index in [1.165, 1.54) is 11.3 Å². The first-order valence-electron chi connectivity index (χ1n) is 7.12. The van der Waals surface area contributed by atoms with Crippen LogP contribution in [0.2, 0.25) is 0 Å². The van der Waals surface area contributed by atoms with E-state index in [1.54, 1.807) is 6.92 Å². The van der Waals surface area contributed by atoms with Crippen LogP contribution in [0.3, 0.4) is 0 Å². The molecule has 1 N–H and O–H groups in total. The Bertz CT molecular complexity index is 698. The molecule has 1 aromatic heterocycles. The lowest BCUT2D eigenvalue weighted by molar-refractivity contribution is 0.0701. The molecular formula is C17H21NO3S. The first kappa shape index (κ1) is 16.5. The normalized spacial score (nSPS) is 11.5. The topological polar surface area (TPSA) is 59.4 Å². The van der Waals surface area contributed by atoms with Crippen LogP contribution in [0, 0.1) is 13.8 Å². The average molecular weight is 319 g/mol. The van der Waals surface area contributed by atoms with E-state index in [0.717, 1.165) is 16.9 Å². The fraction of sp³-hybridized carbons (Fsp3) is 0.412. The minimum absolute atomic E-state index is 0.0198. The van der Waals surface area contributed by atoms with Gasteiger partial charge in [0.05, 0.1) is 5.69 Å². The van der Waals surface area contributed by atoms with Gasteiger partial charge in [0, 0.05) is 0 Å². The lowest BCUT2D eigenvalue weighted by Crippen LogP contribution is -2.13. The van der Waals surface area contributed by atoms with Gasteiger partial charge in [-0.1, -0.05) is 32.9 Å². The third-order valence-electron chi connectivity index (χ3n) is 3.33. The van der Waals surface area contributed by atoms with Crippen molar-refractivity contribution in [2.24, 2.45) is 0 Å². The predicted octanol–water partition coefficient (Wildman–Crippen LogP) is 4.33. The van der Waals surface area contributed by atoms with Crippen LogP contribution in [0.4, 0.5) is 0 Å². The second-order valence-electron chi connectivity index (χ2n) is 6.37. The summed E-state index contributed by atoms with van der Waals surface area (Å²) in [6.45, 7) is 10.4. The Labute approximate surface area is 134 Å². The monoisotopic (exact) mass is 319 g/mol. The van der Waals surface area contributed by atoms with Gasteiger partial charge >= 0.3 is 5.97 Å². The number of ether oxygens (including phenoxy) is 1. The van der Waals surface area contributed by atoms with Crippen molar-refractivity contribution < 1.29 is 14.6 Å². The fourth-order valence-corrected chi connectivity index (χ4v) is 3.04. The van der Waals surface area contributed by atoms with E-state index in [1.807, 2.05) is 13.0 Å². The van der Waals surface area contributed by atoms with Gasteiger partial charge in [-0.25, -0.2) is 9.78 Å². The van der Waals surface area contributed by atoms with Crippen molar-refractivity contribution in [3.8, 4) is 5.75 Å². The summed E-state index contributed by atoms with van der Waals surface area (Å²) in [4.78, 5) is 15.6. The van der Waals surface area contributed by atoms with Crippen molar-refractivity contribution >= 4 is 17.3 Å². The third kappa shape index (κ3) is 3.65. The van der Waals surface area contributed by atoms with E-state index in [0.29, 0.717) is 10.7 Å². The Morgan fingerprint density at radius 2 is 2.00 bits per heavy atom. The number of hydrogen-bond donors (Lipinski definition) is 1. The summed E-state index contributed by atoms with van der Waals surface area (Å²) in [6, 6.07) is 6.17. The highest BCUT2D eigenvalue weighted by Gasteiger charge is 2.20. The summed E-state index contributed by atoms with van der Waals surface area (Å²) in [5, 5.41) is 9.76. The molecule has 0 bridgehead atoms. The average Bonchev–Trinajstić information content (AvgIpc) is 2.76. The molecule has 0 unspecified atom stereocenters. The quantitative estimate of drug-likeness (QED) is 0.911. The second kappa shape index (κ2) is 6.08. The number of carboxylic acids is 1. The Morgan fingerprint density at radius 1 is 1.32 bits per heavy atom. The highest BCUT2D eigenvalue weighted by atomic mass is 32.1. The van der Waals surface area contributed by atoms with E-state index < -0.39 is 5.97 Å². The molecule has 1 heterocycles. The van der Waals surface area contributed by atoms with Gasteiger partial charge in [-0.05, 0) is 36.5 Å². The number of thiazole rings is 1. The molecule has 0 fully saturated rings. The van der Waals surface area contributed by atoms with Crippen molar-refractivity contribution in [2.45, 2.75) is 46.6 Å². The largest absolute Gasteiger partial charge is 0.486 e. The van der Waals surface area contributed by atoms with E-state index in [9.17, 15) is 4.79 Å². The Morgan fingerprint density at radius 3 is 2.55 bits per heavy atom. The third-order valence-corrected chi connectivity index (χ3v) is 4.45. The zero-order chi connectivity index (χ0) is 16.5. The molecule has 0 atom stereocenters. The van der Waals surface area contributed by atoms with Crippen LogP contribution in [0.5, 0.6) is 5.75 Å². The molecule has 0 radical (unpaired) electrons. The Hall–Kier alpha value is -1.88. The van der Waals surface area contributed by atoms with Crippen LogP contribution >= 0.6 is 11.3 Å². The first-order valence-corrected chi connectivity index (χ1v) is 7.93. The van der Waals surface area contributed by atoms with Gasteiger partial charge < -0.3 is 9.84 Å². The van der Waals surface area contributed by atoms with Crippen molar-refractivity contribution in [3.05, 3.63) is 44.9 Å². The lowest BCUT2D eigenvalue weighted by atomic mass is 9.86. The molecule has 2 aromatic rings. The molecule has 0 saturated carbocycles. The smallest absolute Gasteiger partial charge is 0.347 e. The van der Waals surface area contributed by atoms with E-state index in [-0.39, 0.29) is 16.9 Å². The van der Waals surface area contributed by atoms with Crippen LogP contribution in [-0.2, 0) is 12.0 Å². The summed E-state index contributed by atoms with van der Waals surface area (Å²) in [6.07, 6.45) is 0. The number of carbonyl (C=O) groups is 1. The minimum atomic E-state index is -0.938. The number of carboxylic acid groups (broad SMARTS) is 1. The highest BCUT2D eigenvalue weighted by Crippen LogP contribution is 2.33. The molecule has 118 valence electrons. The summed E-state index contributed by atoms with van der Waals surface area (Å²) >= 11 is 1.17. The molecule has 1 aromatic carbocycles. The SMILES string of the molecule is Cc1ccc(C(C)(C)C)c(OCc2nc(C)c(C(=O)O)s2)c1. The molecule has 0 saturated heterocycles. The van der Waals surface area contributed by atoms with Gasteiger partial charge in [0.15, 0.2) is 0 Å². The van der Waals surface area contributed by atoms with E-state index in [2.05, 4.69) is 37.9 Å². The molecule has 0 amide bonds. The zero-order valence-corrected chi connectivity index (χ0v) is 14.4. The summed E-state index contributed by atoms with van der Waals surface area (Å²) in [5.41, 5.74) is 2.78. The summed E-state index contributed by atoms with van der Waals surface area (Å²) in [7, 11) is 0. The van der Waals surface area contributed by atoms with Crippen LogP contribution < -0.4 is 4.74 Å². The maximum atomic E-state index is 11.1. The number of aromatic nitrogens is 1. The predicted molar refractivity (Wildman–Crippen MR) is 88.0 cm³/mol. The molecular weight excluding hydrogens is 298 g/mol. The van der Waals surface area contributed by atoms with Crippen molar-refractivity contribution in [2.75, 3.05) is 0 Å². The highest BCUT2D eigenvalue weighted by molar-refractivity contribution is 7.13. The summed E-state index contributed by atoms with van der Waals surface area (Å²) in [5.74, 6) is -0.107. The van der Waals surface area contributed by atoms with Crippen molar-refractivity contribution in [1.82, 2.24) is 4.98 Å². The Kier molecular flexibility index (Phi) is 4.56. The molecule has 2 rings (SSSR count). The minimum Gasteiger partial charge on any atom is -0.486 e. The number of benzene rings is 1. The second-order valence-corrected chi connectivity index (χ2v) is 7.45. The number of aromatic carboxylic acids is 1. The van der Waals surface area contributed by atoms with E-state index in [4.69, 9.17) is 9.84 Å². The van der Waals surface area contributed by atoms with E-state index >= 15 is 0 Å². The lowest BCUT2D eigenvalue weighted by Gasteiger charge is -2.23. The van der Waals surface area contributed by atoms with Crippen LogP contribution in [0.25, 0.3) is 0 Å². The van der Waals surface area contributed by atoms with Gasteiger partial charge in [-0.2, -0.15) is 0 Å². The number of aryl methyl sites for hydroxylation is 2. The molecule has 0 spiro atoms. The Balaban J connectivity index is 2.23. The van der Waals surface area contributed by atoms with Crippen molar-refractivity contribution in [1.29, 1.82) is 0 Å². The first-order chi connectivity index (χ1) is 10.2. The number of rotatable bonds is 4. The summed E-state index contributed by atoms with van der Waals surface area (Å²) < 4.78 is 5.93. The molecule has 0 aliphatic heterocycles. The van der Waals surface area contributed by atoms with Crippen LogP contribution in [0.15, 0.2) is 18.2 Å². The number of hydrogen-bond acceptors (Lipinski definition) is 4. The van der Waals surface area contributed by atoms with Gasteiger partial charge in [-0.15, -0.1) is 11.3 Å². The fourth-order valence-electron chi connectivity index (χ4n) is 2.22. The van der Waals surface area contributed by atoms with Gasteiger partial charge in [0.1, 0.15) is 22.2 Å².